The molecule has 0 heterocycles. The Morgan fingerprint density at radius 3 is 2.35 bits per heavy atom. The summed E-state index contributed by atoms with van der Waals surface area (Å²) < 4.78 is 5.30. The number of aromatic hydroxyl groups is 1. The second-order valence-electron chi connectivity index (χ2n) is 6.57. The van der Waals surface area contributed by atoms with Crippen molar-refractivity contribution in [1.29, 1.82) is 0 Å². The maximum absolute atomic E-state index is 11.8. The fraction of sp³-hybridized carbons (Fsp3) is 0.522. The molecule has 0 aliphatic carbocycles. The molecule has 1 rings (SSSR count). The summed E-state index contributed by atoms with van der Waals surface area (Å²) in [5.74, 6) is 0.791. The molecular formula is C23H34O3. The molecule has 0 saturated carbocycles. The van der Waals surface area contributed by atoms with Crippen molar-refractivity contribution in [3.63, 3.8) is 0 Å². The molecule has 0 saturated heterocycles. The summed E-state index contributed by atoms with van der Waals surface area (Å²) in [6.45, 7) is 4.63. The highest BCUT2D eigenvalue weighted by Crippen LogP contribution is 2.27. The molecule has 0 amide bonds. The number of hydrogen-bond acceptors (Lipinski definition) is 3. The van der Waals surface area contributed by atoms with Crippen molar-refractivity contribution < 1.29 is 14.6 Å². The quantitative estimate of drug-likeness (QED) is 0.236. The van der Waals surface area contributed by atoms with Crippen LogP contribution in [0.2, 0.25) is 0 Å². The number of ketones is 1. The topological polar surface area (TPSA) is 46.5 Å². The van der Waals surface area contributed by atoms with Crippen LogP contribution in [0, 0.1) is 0 Å². The minimum absolute atomic E-state index is 0.128. The molecule has 26 heavy (non-hydrogen) atoms. The van der Waals surface area contributed by atoms with Gasteiger partial charge >= 0.3 is 0 Å². The highest BCUT2D eigenvalue weighted by atomic mass is 16.5. The van der Waals surface area contributed by atoms with Crippen molar-refractivity contribution in [2.45, 2.75) is 71.6 Å². The summed E-state index contributed by atoms with van der Waals surface area (Å²) in [6, 6.07) is 5.27. The van der Waals surface area contributed by atoms with Crippen LogP contribution in [0.5, 0.6) is 11.5 Å². The summed E-state index contributed by atoms with van der Waals surface area (Å²) in [5.41, 5.74) is 0.867. The standard InChI is InChI=1S/C23H34O3/c1-3-5-6-7-8-9-10-11-15-21(24)16-13-12-14-20-17-18-23(26-4-2)22(25)19-20/h12-14,16-19,25H,3-11,15H2,1-2H3. The van der Waals surface area contributed by atoms with Gasteiger partial charge in [0.15, 0.2) is 17.3 Å². The van der Waals surface area contributed by atoms with Gasteiger partial charge in [-0.2, -0.15) is 0 Å². The summed E-state index contributed by atoms with van der Waals surface area (Å²) in [4.78, 5) is 11.8. The number of carbonyl (C=O) groups is 1. The third kappa shape index (κ3) is 10.1. The monoisotopic (exact) mass is 358 g/mol. The smallest absolute Gasteiger partial charge is 0.160 e. The van der Waals surface area contributed by atoms with Crippen LogP contribution in [0.3, 0.4) is 0 Å². The van der Waals surface area contributed by atoms with Crippen molar-refractivity contribution in [3.8, 4) is 11.5 Å². The minimum atomic E-state index is 0.128. The Bertz CT molecular complexity index is 573. The van der Waals surface area contributed by atoms with Crippen molar-refractivity contribution in [2.24, 2.45) is 0 Å². The molecule has 0 aromatic heterocycles. The molecule has 0 aliphatic rings. The first-order chi connectivity index (χ1) is 12.7. The highest BCUT2D eigenvalue weighted by Gasteiger charge is 2.01. The van der Waals surface area contributed by atoms with E-state index >= 15 is 0 Å². The fourth-order valence-electron chi connectivity index (χ4n) is 2.76. The van der Waals surface area contributed by atoms with Crippen LogP contribution >= 0.6 is 0 Å². The first kappa shape index (κ1) is 22.0. The molecule has 0 radical (unpaired) electrons. The van der Waals surface area contributed by atoms with E-state index in [0.717, 1.165) is 18.4 Å². The molecule has 3 heteroatoms. The Labute approximate surface area is 158 Å². The molecule has 1 aromatic rings. The van der Waals surface area contributed by atoms with Gasteiger partial charge in [0.25, 0.3) is 0 Å². The zero-order valence-electron chi connectivity index (χ0n) is 16.4. The Kier molecular flexibility index (Phi) is 12.0. The number of ether oxygens (including phenoxy) is 1. The Morgan fingerprint density at radius 1 is 1.00 bits per heavy atom. The van der Waals surface area contributed by atoms with Gasteiger partial charge in [0.05, 0.1) is 6.61 Å². The number of phenols is 1. The third-order valence-electron chi connectivity index (χ3n) is 4.24. The van der Waals surface area contributed by atoms with Crippen LogP contribution in [0.15, 0.2) is 36.4 Å². The van der Waals surface area contributed by atoms with E-state index in [1.807, 2.05) is 25.1 Å². The zero-order valence-corrected chi connectivity index (χ0v) is 16.4. The molecular weight excluding hydrogens is 324 g/mol. The first-order valence-corrected chi connectivity index (χ1v) is 10.0. The lowest BCUT2D eigenvalue weighted by molar-refractivity contribution is -0.114. The second-order valence-corrected chi connectivity index (χ2v) is 6.57. The maximum Gasteiger partial charge on any atom is 0.160 e. The molecule has 0 atom stereocenters. The van der Waals surface area contributed by atoms with E-state index in [-0.39, 0.29) is 11.5 Å². The Balaban J connectivity index is 2.21. The van der Waals surface area contributed by atoms with Crippen LogP contribution in [-0.2, 0) is 4.79 Å². The number of rotatable bonds is 14. The number of phenolic OH excluding ortho intramolecular Hbond substituents is 1. The molecule has 1 N–H and O–H groups in total. The molecule has 0 aliphatic heterocycles. The summed E-state index contributed by atoms with van der Waals surface area (Å²) in [6.07, 6.45) is 17.7. The molecule has 0 fully saturated rings. The van der Waals surface area contributed by atoms with Crippen molar-refractivity contribution in [1.82, 2.24) is 0 Å². The molecule has 0 unspecified atom stereocenters. The maximum atomic E-state index is 11.8. The number of unbranched alkanes of at least 4 members (excludes halogenated alkanes) is 7. The van der Waals surface area contributed by atoms with Gasteiger partial charge in [0, 0.05) is 6.42 Å². The van der Waals surface area contributed by atoms with Crippen molar-refractivity contribution in [2.75, 3.05) is 6.61 Å². The van der Waals surface area contributed by atoms with E-state index < -0.39 is 0 Å². The van der Waals surface area contributed by atoms with E-state index in [4.69, 9.17) is 4.74 Å². The van der Waals surface area contributed by atoms with Gasteiger partial charge in [-0.15, -0.1) is 0 Å². The summed E-state index contributed by atoms with van der Waals surface area (Å²) >= 11 is 0. The molecule has 3 nitrogen and oxygen atoms in total. The number of benzene rings is 1. The molecule has 0 spiro atoms. The SMILES string of the molecule is CCCCCCCCCCC(=O)C=CC=Cc1ccc(OCC)c(O)c1. The minimum Gasteiger partial charge on any atom is -0.504 e. The zero-order chi connectivity index (χ0) is 19.0. The largest absolute Gasteiger partial charge is 0.504 e. The van der Waals surface area contributed by atoms with Gasteiger partial charge in [0.1, 0.15) is 0 Å². The third-order valence-corrected chi connectivity index (χ3v) is 4.24. The molecule has 144 valence electrons. The summed E-state index contributed by atoms with van der Waals surface area (Å²) in [7, 11) is 0. The van der Waals surface area contributed by atoms with E-state index in [2.05, 4.69) is 6.92 Å². The van der Waals surface area contributed by atoms with Gasteiger partial charge in [-0.1, -0.05) is 76.2 Å². The molecule has 1 aromatic carbocycles. The first-order valence-electron chi connectivity index (χ1n) is 10.0. The van der Waals surface area contributed by atoms with Crippen LogP contribution in [-0.4, -0.2) is 17.5 Å². The average Bonchev–Trinajstić information content (AvgIpc) is 2.63. The normalized spacial score (nSPS) is 11.5. The van der Waals surface area contributed by atoms with E-state index in [1.165, 1.54) is 38.5 Å². The van der Waals surface area contributed by atoms with Crippen LogP contribution in [0.4, 0.5) is 0 Å². The van der Waals surface area contributed by atoms with E-state index in [1.54, 1.807) is 24.3 Å². The Hall–Kier alpha value is -2.03. The van der Waals surface area contributed by atoms with Crippen LogP contribution < -0.4 is 4.74 Å². The van der Waals surface area contributed by atoms with Gasteiger partial charge in [0.2, 0.25) is 0 Å². The lowest BCUT2D eigenvalue weighted by Crippen LogP contribution is -1.92. The predicted molar refractivity (Wildman–Crippen MR) is 110 cm³/mol. The second kappa shape index (κ2) is 14.2. The number of hydrogen-bond donors (Lipinski definition) is 1. The highest BCUT2D eigenvalue weighted by molar-refractivity contribution is 5.89. The van der Waals surface area contributed by atoms with Gasteiger partial charge < -0.3 is 9.84 Å². The lowest BCUT2D eigenvalue weighted by Gasteiger charge is -2.05. The van der Waals surface area contributed by atoms with Crippen LogP contribution in [0.1, 0.15) is 77.2 Å². The molecule has 0 bridgehead atoms. The number of allylic oxidation sites excluding steroid dienone is 3. The van der Waals surface area contributed by atoms with Gasteiger partial charge in [-0.3, -0.25) is 4.79 Å². The van der Waals surface area contributed by atoms with Crippen LogP contribution in [0.25, 0.3) is 6.08 Å². The fourth-order valence-corrected chi connectivity index (χ4v) is 2.76. The summed E-state index contributed by atoms with van der Waals surface area (Å²) in [5, 5.41) is 9.84. The van der Waals surface area contributed by atoms with Gasteiger partial charge in [-0.25, -0.2) is 0 Å². The average molecular weight is 359 g/mol. The lowest BCUT2D eigenvalue weighted by atomic mass is 10.1. The van der Waals surface area contributed by atoms with E-state index in [0.29, 0.717) is 18.8 Å². The number of carbonyl (C=O) groups excluding carboxylic acids is 1. The van der Waals surface area contributed by atoms with Crippen molar-refractivity contribution >= 4 is 11.9 Å². The Morgan fingerprint density at radius 2 is 1.69 bits per heavy atom. The van der Waals surface area contributed by atoms with Gasteiger partial charge in [-0.05, 0) is 37.1 Å². The predicted octanol–water partition coefficient (Wildman–Crippen LogP) is 6.46. The van der Waals surface area contributed by atoms with E-state index in [9.17, 15) is 9.90 Å². The van der Waals surface area contributed by atoms with Crippen molar-refractivity contribution in [3.05, 3.63) is 42.0 Å².